The summed E-state index contributed by atoms with van der Waals surface area (Å²) in [5.41, 5.74) is 0. The maximum atomic E-state index is 2.45. The quantitative estimate of drug-likeness (QED) is 0.473. The molecule has 0 nitrogen and oxygen atoms in total. The van der Waals surface area contributed by atoms with Crippen molar-refractivity contribution in [2.24, 2.45) is 5.92 Å². The van der Waals surface area contributed by atoms with Gasteiger partial charge in [-0.1, -0.05) is 6.92 Å². The second kappa shape index (κ2) is 1.94. The van der Waals surface area contributed by atoms with Gasteiger partial charge in [0.1, 0.15) is 0 Å². The molecule has 1 aliphatic rings. The van der Waals surface area contributed by atoms with Crippen molar-refractivity contribution in [3.8, 4) is 0 Å². The van der Waals surface area contributed by atoms with E-state index in [0.717, 1.165) is 5.92 Å². The summed E-state index contributed by atoms with van der Waals surface area (Å²) in [6.07, 6.45) is 6.40. The normalized spacial score (nSPS) is 39.6. The number of hydrogen-bond donors (Lipinski definition) is 0. The second-order valence-corrected chi connectivity index (χ2v) is 7.81. The van der Waals surface area contributed by atoms with Crippen molar-refractivity contribution in [2.75, 3.05) is 24.0 Å². The topological polar surface area (TPSA) is 0 Å². The van der Waals surface area contributed by atoms with E-state index in [1.807, 2.05) is 0 Å². The summed E-state index contributed by atoms with van der Waals surface area (Å²) >= 11 is 0. The van der Waals surface area contributed by atoms with Crippen LogP contribution in [0.15, 0.2) is 0 Å². The molecular formula is C7H16S. The van der Waals surface area contributed by atoms with E-state index in [2.05, 4.69) is 19.4 Å². The van der Waals surface area contributed by atoms with E-state index >= 15 is 0 Å². The standard InChI is InChI=1S/C7H16S/c1-7-4-5-8(2,3)6-7/h7H,4-6H2,1-3H3. The largest absolute Gasteiger partial charge is 0.246 e. The van der Waals surface area contributed by atoms with Gasteiger partial charge in [0.25, 0.3) is 0 Å². The Morgan fingerprint density at radius 1 is 1.38 bits per heavy atom. The lowest BCUT2D eigenvalue weighted by molar-refractivity contribution is 0.669. The average molecular weight is 132 g/mol. The molecule has 0 aromatic rings. The molecule has 8 heavy (non-hydrogen) atoms. The zero-order valence-electron chi connectivity index (χ0n) is 6.11. The molecule has 1 atom stereocenters. The molecule has 0 aromatic carbocycles. The van der Waals surface area contributed by atoms with Crippen LogP contribution in [-0.4, -0.2) is 24.0 Å². The first-order valence-electron chi connectivity index (χ1n) is 3.29. The Hall–Kier alpha value is 0.350. The molecule has 1 aliphatic heterocycles. The Morgan fingerprint density at radius 2 is 2.00 bits per heavy atom. The van der Waals surface area contributed by atoms with Gasteiger partial charge < -0.3 is 0 Å². The molecule has 0 saturated carbocycles. The first-order valence-corrected chi connectivity index (χ1v) is 6.08. The fourth-order valence-corrected chi connectivity index (χ4v) is 4.37. The highest BCUT2D eigenvalue weighted by molar-refractivity contribution is 8.32. The van der Waals surface area contributed by atoms with Gasteiger partial charge in [-0.25, -0.2) is 10.0 Å². The van der Waals surface area contributed by atoms with Crippen LogP contribution in [0.25, 0.3) is 0 Å². The van der Waals surface area contributed by atoms with Crippen molar-refractivity contribution in [1.29, 1.82) is 0 Å². The third kappa shape index (κ3) is 1.41. The van der Waals surface area contributed by atoms with Gasteiger partial charge in [0, 0.05) is 0 Å². The lowest BCUT2D eigenvalue weighted by atomic mass is 10.2. The van der Waals surface area contributed by atoms with E-state index in [9.17, 15) is 0 Å². The molecule has 0 bridgehead atoms. The summed E-state index contributed by atoms with van der Waals surface area (Å²) in [4.78, 5) is 0. The van der Waals surface area contributed by atoms with Gasteiger partial charge in [-0.3, -0.25) is 0 Å². The van der Waals surface area contributed by atoms with E-state index in [4.69, 9.17) is 0 Å². The minimum absolute atomic E-state index is 0.0955. The van der Waals surface area contributed by atoms with Gasteiger partial charge in [0.15, 0.2) is 0 Å². The van der Waals surface area contributed by atoms with E-state index in [-0.39, 0.29) is 10.0 Å². The summed E-state index contributed by atoms with van der Waals surface area (Å²) < 4.78 is 0. The van der Waals surface area contributed by atoms with Crippen LogP contribution in [0.3, 0.4) is 0 Å². The average Bonchev–Trinajstić information content (AvgIpc) is 1.82. The van der Waals surface area contributed by atoms with Crippen molar-refractivity contribution in [3.05, 3.63) is 0 Å². The lowest BCUT2D eigenvalue weighted by Gasteiger charge is -2.23. The highest BCUT2D eigenvalue weighted by Crippen LogP contribution is 2.48. The van der Waals surface area contributed by atoms with Crippen LogP contribution in [0.1, 0.15) is 13.3 Å². The molecule has 50 valence electrons. The summed E-state index contributed by atoms with van der Waals surface area (Å²) in [5, 5.41) is 0. The Bertz CT molecular complexity index is 86.4. The van der Waals surface area contributed by atoms with Crippen molar-refractivity contribution in [2.45, 2.75) is 13.3 Å². The summed E-state index contributed by atoms with van der Waals surface area (Å²) in [5.74, 6) is 4.07. The maximum Gasteiger partial charge on any atom is -0.0207 e. The Balaban J connectivity index is 2.44. The molecule has 0 N–H and O–H groups in total. The Kier molecular flexibility index (Phi) is 1.57. The fourth-order valence-electron chi connectivity index (χ4n) is 1.46. The number of rotatable bonds is 0. The molecule has 0 aromatic heterocycles. The highest BCUT2D eigenvalue weighted by Gasteiger charge is 2.23. The summed E-state index contributed by atoms with van der Waals surface area (Å²) in [6, 6.07) is 0. The van der Waals surface area contributed by atoms with Crippen LogP contribution in [-0.2, 0) is 0 Å². The molecule has 1 saturated heterocycles. The zero-order chi connectivity index (χ0) is 6.20. The molecule has 1 heteroatoms. The third-order valence-corrected chi connectivity index (χ3v) is 4.71. The molecule has 0 radical (unpaired) electrons. The Labute approximate surface area is 54.0 Å². The number of hydrogen-bond acceptors (Lipinski definition) is 0. The third-order valence-electron chi connectivity index (χ3n) is 1.90. The minimum Gasteiger partial charge on any atom is -0.246 e. The van der Waals surface area contributed by atoms with E-state index < -0.39 is 0 Å². The smallest absolute Gasteiger partial charge is 0.0207 e. The first-order chi connectivity index (χ1) is 3.60. The predicted octanol–water partition coefficient (Wildman–Crippen LogP) is 2.09. The van der Waals surface area contributed by atoms with Crippen molar-refractivity contribution >= 4 is 10.0 Å². The van der Waals surface area contributed by atoms with Crippen LogP contribution in [0.5, 0.6) is 0 Å². The lowest BCUT2D eigenvalue weighted by Crippen LogP contribution is -1.97. The Morgan fingerprint density at radius 3 is 2.12 bits per heavy atom. The maximum absolute atomic E-state index is 2.45. The monoisotopic (exact) mass is 132 g/mol. The van der Waals surface area contributed by atoms with Gasteiger partial charge in [-0.2, -0.15) is 0 Å². The molecule has 0 amide bonds. The van der Waals surface area contributed by atoms with Crippen molar-refractivity contribution < 1.29 is 0 Å². The van der Waals surface area contributed by atoms with Gasteiger partial charge >= 0.3 is 0 Å². The molecule has 1 heterocycles. The summed E-state index contributed by atoms with van der Waals surface area (Å²) in [7, 11) is -0.0955. The minimum atomic E-state index is -0.0955. The molecule has 1 unspecified atom stereocenters. The van der Waals surface area contributed by atoms with Crippen LogP contribution in [0.4, 0.5) is 0 Å². The summed E-state index contributed by atoms with van der Waals surface area (Å²) in [6.45, 7) is 2.38. The van der Waals surface area contributed by atoms with E-state index in [1.165, 1.54) is 17.9 Å². The van der Waals surface area contributed by atoms with E-state index in [0.29, 0.717) is 0 Å². The van der Waals surface area contributed by atoms with Gasteiger partial charge in [-0.05, 0) is 36.4 Å². The molecule has 0 spiro atoms. The molecule has 1 rings (SSSR count). The first kappa shape index (κ1) is 6.47. The highest BCUT2D eigenvalue weighted by atomic mass is 32.3. The molecular weight excluding hydrogens is 116 g/mol. The van der Waals surface area contributed by atoms with Crippen LogP contribution < -0.4 is 0 Å². The van der Waals surface area contributed by atoms with Crippen LogP contribution >= 0.6 is 10.0 Å². The van der Waals surface area contributed by atoms with Crippen LogP contribution in [0.2, 0.25) is 0 Å². The second-order valence-electron chi connectivity index (χ2n) is 3.53. The molecule has 0 aliphatic carbocycles. The van der Waals surface area contributed by atoms with Gasteiger partial charge in [0.2, 0.25) is 0 Å². The SMILES string of the molecule is CC1CCS(C)(C)C1. The van der Waals surface area contributed by atoms with Crippen molar-refractivity contribution in [1.82, 2.24) is 0 Å². The van der Waals surface area contributed by atoms with Gasteiger partial charge in [0.05, 0.1) is 0 Å². The zero-order valence-corrected chi connectivity index (χ0v) is 6.92. The fraction of sp³-hybridized carbons (Fsp3) is 1.00. The predicted molar refractivity (Wildman–Crippen MR) is 43.0 cm³/mol. The van der Waals surface area contributed by atoms with Crippen LogP contribution in [0, 0.1) is 5.92 Å². The van der Waals surface area contributed by atoms with Gasteiger partial charge in [-0.15, -0.1) is 0 Å². The van der Waals surface area contributed by atoms with E-state index in [1.54, 1.807) is 0 Å². The molecule has 1 fully saturated rings. The van der Waals surface area contributed by atoms with Crippen molar-refractivity contribution in [3.63, 3.8) is 0 Å².